The number of halogens is 5. The van der Waals surface area contributed by atoms with Gasteiger partial charge in [-0.3, -0.25) is 9.10 Å². The van der Waals surface area contributed by atoms with Crippen LogP contribution in [0, 0.1) is 0 Å². The molecule has 0 unspecified atom stereocenters. The summed E-state index contributed by atoms with van der Waals surface area (Å²) < 4.78 is 72.7. The average molecular weight is 533 g/mol. The van der Waals surface area contributed by atoms with E-state index >= 15 is 0 Å². The Hall–Kier alpha value is -2.95. The van der Waals surface area contributed by atoms with Crippen molar-refractivity contribution in [3.05, 3.63) is 82.3 Å². The Bertz CT molecular complexity index is 1300. The van der Waals surface area contributed by atoms with E-state index in [0.717, 1.165) is 12.1 Å². The predicted molar refractivity (Wildman–Crippen MR) is 124 cm³/mol. The molecular weight excluding hydrogens is 516 g/mol. The van der Waals surface area contributed by atoms with Crippen molar-refractivity contribution >= 4 is 50.5 Å². The lowest BCUT2D eigenvalue weighted by Crippen LogP contribution is -2.38. The lowest BCUT2D eigenvalue weighted by molar-refractivity contribution is -0.137. The molecule has 0 aliphatic carbocycles. The van der Waals surface area contributed by atoms with Crippen LogP contribution in [-0.4, -0.2) is 28.0 Å². The van der Waals surface area contributed by atoms with Gasteiger partial charge in [-0.25, -0.2) is 8.42 Å². The van der Waals surface area contributed by atoms with Gasteiger partial charge in [-0.2, -0.15) is 13.2 Å². The summed E-state index contributed by atoms with van der Waals surface area (Å²) >= 11 is 11.6. The SMILES string of the molecule is COc1ccc(Cl)cc1NC(=O)CN(c1ccc(Cl)c(C(F)(F)F)c1)S(=O)(=O)c1ccccc1. The standard InChI is InChI=1S/C22H17Cl2F3N2O4S/c1-33-20-10-7-14(23)11-19(20)28-21(30)13-29(34(31,32)16-5-3-2-4-6-16)15-8-9-18(24)17(12-15)22(25,26)27/h2-12H,13H2,1H3,(H,28,30). The van der Waals surface area contributed by atoms with Gasteiger partial charge in [-0.15, -0.1) is 0 Å². The van der Waals surface area contributed by atoms with Gasteiger partial charge in [0.25, 0.3) is 10.0 Å². The van der Waals surface area contributed by atoms with E-state index in [9.17, 15) is 26.4 Å². The molecule has 0 aromatic heterocycles. The predicted octanol–water partition coefficient (Wildman–Crippen LogP) is 5.85. The normalized spacial score (nSPS) is 11.7. The Kier molecular flexibility index (Phi) is 7.64. The van der Waals surface area contributed by atoms with E-state index in [1.165, 1.54) is 49.6 Å². The van der Waals surface area contributed by atoms with E-state index in [1.807, 2.05) is 0 Å². The van der Waals surface area contributed by atoms with Crippen molar-refractivity contribution in [1.29, 1.82) is 0 Å². The van der Waals surface area contributed by atoms with Crippen molar-refractivity contribution in [1.82, 2.24) is 0 Å². The summed E-state index contributed by atoms with van der Waals surface area (Å²) in [7, 11) is -3.08. The Morgan fingerprint density at radius 2 is 1.71 bits per heavy atom. The van der Waals surface area contributed by atoms with Crippen LogP contribution in [0.4, 0.5) is 24.5 Å². The highest BCUT2D eigenvalue weighted by molar-refractivity contribution is 7.92. The number of anilines is 2. The van der Waals surface area contributed by atoms with E-state index < -0.39 is 44.9 Å². The maximum absolute atomic E-state index is 13.4. The van der Waals surface area contributed by atoms with E-state index in [1.54, 1.807) is 6.07 Å². The van der Waals surface area contributed by atoms with E-state index in [2.05, 4.69) is 5.32 Å². The fraction of sp³-hybridized carbons (Fsp3) is 0.136. The number of hydrogen-bond acceptors (Lipinski definition) is 4. The van der Waals surface area contributed by atoms with Gasteiger partial charge >= 0.3 is 6.18 Å². The highest BCUT2D eigenvalue weighted by atomic mass is 35.5. The Morgan fingerprint density at radius 3 is 2.32 bits per heavy atom. The average Bonchev–Trinajstić information content (AvgIpc) is 2.78. The van der Waals surface area contributed by atoms with Crippen LogP contribution in [0.25, 0.3) is 0 Å². The minimum Gasteiger partial charge on any atom is -0.495 e. The van der Waals surface area contributed by atoms with Crippen molar-refractivity contribution in [3.63, 3.8) is 0 Å². The van der Waals surface area contributed by atoms with Crippen LogP contribution in [0.5, 0.6) is 5.75 Å². The highest BCUT2D eigenvalue weighted by Gasteiger charge is 2.35. The van der Waals surface area contributed by atoms with Crippen molar-refractivity contribution in [2.45, 2.75) is 11.1 Å². The Balaban J connectivity index is 2.05. The molecule has 0 aliphatic rings. The van der Waals surface area contributed by atoms with Gasteiger partial charge < -0.3 is 10.1 Å². The number of hydrogen-bond donors (Lipinski definition) is 1. The van der Waals surface area contributed by atoms with Crippen LogP contribution in [0.2, 0.25) is 10.0 Å². The monoisotopic (exact) mass is 532 g/mol. The first-order valence-corrected chi connectivity index (χ1v) is 11.7. The molecule has 1 amide bonds. The third-order valence-corrected chi connectivity index (χ3v) is 6.95. The first-order chi connectivity index (χ1) is 15.9. The van der Waals surface area contributed by atoms with Crippen molar-refractivity contribution in [2.24, 2.45) is 0 Å². The fourth-order valence-electron chi connectivity index (χ4n) is 3.02. The van der Waals surface area contributed by atoms with Crippen LogP contribution in [0.1, 0.15) is 5.56 Å². The van der Waals surface area contributed by atoms with Gasteiger partial charge in [0.15, 0.2) is 0 Å². The third kappa shape index (κ3) is 5.75. The molecule has 0 radical (unpaired) electrons. The maximum atomic E-state index is 13.4. The number of sulfonamides is 1. The molecule has 0 spiro atoms. The number of ether oxygens (including phenoxy) is 1. The first kappa shape index (κ1) is 25.7. The second kappa shape index (κ2) is 10.1. The molecular formula is C22H17Cl2F3N2O4S. The molecule has 3 rings (SSSR count). The summed E-state index contributed by atoms with van der Waals surface area (Å²) in [6.45, 7) is -0.841. The molecule has 1 N–H and O–H groups in total. The zero-order valence-corrected chi connectivity index (χ0v) is 19.8. The molecule has 0 fully saturated rings. The number of methoxy groups -OCH3 is 1. The van der Waals surface area contributed by atoms with E-state index in [0.29, 0.717) is 10.4 Å². The number of carbonyl (C=O) groups is 1. The first-order valence-electron chi connectivity index (χ1n) is 9.51. The second-order valence-electron chi connectivity index (χ2n) is 6.88. The van der Waals surface area contributed by atoms with Gasteiger partial charge in [0.05, 0.1) is 34.0 Å². The van der Waals surface area contributed by atoms with Gasteiger partial charge in [-0.05, 0) is 48.5 Å². The summed E-state index contributed by atoms with van der Waals surface area (Å²) in [6, 6.07) is 14.0. The van der Waals surface area contributed by atoms with Crippen LogP contribution in [0.15, 0.2) is 71.6 Å². The molecule has 180 valence electrons. The quantitative estimate of drug-likeness (QED) is 0.413. The minimum atomic E-state index is -4.84. The maximum Gasteiger partial charge on any atom is 0.417 e. The molecule has 6 nitrogen and oxygen atoms in total. The second-order valence-corrected chi connectivity index (χ2v) is 9.59. The number of carbonyl (C=O) groups excluding carboxylic acids is 1. The molecule has 34 heavy (non-hydrogen) atoms. The summed E-state index contributed by atoms with van der Waals surface area (Å²) in [5, 5.41) is 2.15. The number of benzene rings is 3. The van der Waals surface area contributed by atoms with Crippen LogP contribution in [0.3, 0.4) is 0 Å². The molecule has 3 aromatic rings. The lowest BCUT2D eigenvalue weighted by Gasteiger charge is -2.25. The Labute approximate surface area is 203 Å². The van der Waals surface area contributed by atoms with Crippen molar-refractivity contribution in [2.75, 3.05) is 23.3 Å². The van der Waals surface area contributed by atoms with Gasteiger partial charge in [-0.1, -0.05) is 41.4 Å². The fourth-order valence-corrected chi connectivity index (χ4v) is 4.85. The smallest absolute Gasteiger partial charge is 0.417 e. The minimum absolute atomic E-state index is 0.157. The molecule has 0 aliphatic heterocycles. The largest absolute Gasteiger partial charge is 0.495 e. The van der Waals surface area contributed by atoms with E-state index in [-0.39, 0.29) is 21.4 Å². The molecule has 0 atom stereocenters. The highest BCUT2D eigenvalue weighted by Crippen LogP contribution is 2.38. The molecule has 0 saturated carbocycles. The van der Waals surface area contributed by atoms with Crippen molar-refractivity contribution in [3.8, 4) is 5.75 Å². The van der Waals surface area contributed by atoms with Gasteiger partial charge in [0.2, 0.25) is 5.91 Å². The van der Waals surface area contributed by atoms with Crippen LogP contribution < -0.4 is 14.4 Å². The summed E-state index contributed by atoms with van der Waals surface area (Å²) in [4.78, 5) is 12.6. The molecule has 3 aromatic carbocycles. The zero-order chi connectivity index (χ0) is 25.1. The van der Waals surface area contributed by atoms with Gasteiger partial charge in [0, 0.05) is 5.02 Å². The van der Waals surface area contributed by atoms with Crippen molar-refractivity contribution < 1.29 is 31.1 Å². The zero-order valence-electron chi connectivity index (χ0n) is 17.4. The van der Waals surface area contributed by atoms with Crippen LogP contribution >= 0.6 is 23.2 Å². The molecule has 0 heterocycles. The van der Waals surface area contributed by atoms with Crippen LogP contribution in [-0.2, 0) is 21.0 Å². The Morgan fingerprint density at radius 1 is 1.03 bits per heavy atom. The number of alkyl halides is 3. The topological polar surface area (TPSA) is 75.7 Å². The number of rotatable bonds is 7. The number of nitrogens with one attached hydrogen (secondary N) is 1. The summed E-state index contributed by atoms with van der Waals surface area (Å²) in [5.41, 5.74) is -1.48. The lowest BCUT2D eigenvalue weighted by atomic mass is 10.2. The number of nitrogens with zero attached hydrogens (tertiary/aromatic N) is 1. The third-order valence-electron chi connectivity index (χ3n) is 4.60. The molecule has 0 saturated heterocycles. The number of amides is 1. The summed E-state index contributed by atoms with van der Waals surface area (Å²) in [5.74, 6) is -0.593. The summed E-state index contributed by atoms with van der Waals surface area (Å²) in [6.07, 6.45) is -4.84. The molecule has 0 bridgehead atoms. The van der Waals surface area contributed by atoms with E-state index in [4.69, 9.17) is 27.9 Å². The molecule has 12 heteroatoms. The van der Waals surface area contributed by atoms with Gasteiger partial charge in [0.1, 0.15) is 12.3 Å².